The van der Waals surface area contributed by atoms with Gasteiger partial charge in [0.1, 0.15) is 0 Å². The third-order valence-electron chi connectivity index (χ3n) is 3.71. The summed E-state index contributed by atoms with van der Waals surface area (Å²) in [5.41, 5.74) is 0.277. The summed E-state index contributed by atoms with van der Waals surface area (Å²) in [4.78, 5) is 5.16. The van der Waals surface area contributed by atoms with Gasteiger partial charge < -0.3 is 0 Å². The fraction of sp³-hybridized carbons (Fsp3) is 1.00. The summed E-state index contributed by atoms with van der Waals surface area (Å²) in [5.74, 6) is 0. The van der Waals surface area contributed by atoms with E-state index < -0.39 is 0 Å². The van der Waals surface area contributed by atoms with Gasteiger partial charge >= 0.3 is 0 Å². The summed E-state index contributed by atoms with van der Waals surface area (Å²) in [7, 11) is 2.25. The van der Waals surface area contributed by atoms with E-state index in [0.29, 0.717) is 18.2 Å². The largest absolute Gasteiger partial charge is 0.287 e. The molecule has 2 heteroatoms. The Bertz CT molecular complexity index is 195. The smallest absolute Gasteiger partial charge is 0.0627 e. The molecular weight excluding hydrogens is 172 g/mol. The van der Waals surface area contributed by atoms with Crippen molar-refractivity contribution in [2.75, 3.05) is 7.05 Å². The normalized spacial score (nSPS) is 36.6. The zero-order valence-corrected chi connectivity index (χ0v) is 10.8. The molecule has 14 heavy (non-hydrogen) atoms. The van der Waals surface area contributed by atoms with Crippen LogP contribution in [0.5, 0.6) is 0 Å². The predicted molar refractivity (Wildman–Crippen MR) is 62.4 cm³/mol. The first-order valence-corrected chi connectivity index (χ1v) is 5.81. The molecule has 0 radical (unpaired) electrons. The highest BCUT2D eigenvalue weighted by Crippen LogP contribution is 2.33. The molecule has 1 rings (SSSR count). The second kappa shape index (κ2) is 3.82. The van der Waals surface area contributed by atoms with E-state index in [0.717, 1.165) is 0 Å². The van der Waals surface area contributed by atoms with Crippen molar-refractivity contribution in [3.63, 3.8) is 0 Å². The van der Waals surface area contributed by atoms with Gasteiger partial charge in [-0.3, -0.25) is 9.80 Å². The van der Waals surface area contributed by atoms with E-state index in [1.807, 2.05) is 0 Å². The monoisotopic (exact) mass is 198 g/mol. The van der Waals surface area contributed by atoms with E-state index in [4.69, 9.17) is 0 Å². The van der Waals surface area contributed by atoms with Crippen molar-refractivity contribution >= 4 is 0 Å². The van der Waals surface area contributed by atoms with Gasteiger partial charge in [0.15, 0.2) is 0 Å². The van der Waals surface area contributed by atoms with Crippen LogP contribution in [0, 0.1) is 0 Å². The first kappa shape index (κ1) is 12.0. The minimum Gasteiger partial charge on any atom is -0.287 e. The standard InChI is InChI=1S/C12H26N2/c1-8-11-13(7)9(2)10(3)14(11)12(4,5)6/h9-11H,8H2,1-7H3. The molecule has 3 atom stereocenters. The van der Waals surface area contributed by atoms with Gasteiger partial charge in [0, 0.05) is 17.6 Å². The quantitative estimate of drug-likeness (QED) is 0.639. The molecular formula is C12H26N2. The second-order valence-corrected chi connectivity index (χ2v) is 5.61. The highest BCUT2D eigenvalue weighted by molar-refractivity contribution is 4.97. The van der Waals surface area contributed by atoms with Crippen molar-refractivity contribution in [3.8, 4) is 0 Å². The van der Waals surface area contributed by atoms with E-state index in [2.05, 4.69) is 58.4 Å². The van der Waals surface area contributed by atoms with Crippen molar-refractivity contribution in [1.29, 1.82) is 0 Å². The maximum Gasteiger partial charge on any atom is 0.0627 e. The van der Waals surface area contributed by atoms with Gasteiger partial charge in [0.05, 0.1) is 6.17 Å². The van der Waals surface area contributed by atoms with E-state index in [1.54, 1.807) is 0 Å². The van der Waals surface area contributed by atoms with Gasteiger partial charge in [-0.1, -0.05) is 6.92 Å². The summed E-state index contributed by atoms with van der Waals surface area (Å²) in [6, 6.07) is 1.32. The maximum absolute atomic E-state index is 2.65. The summed E-state index contributed by atoms with van der Waals surface area (Å²) in [6.07, 6.45) is 1.82. The van der Waals surface area contributed by atoms with Crippen LogP contribution in [0.2, 0.25) is 0 Å². The molecule has 0 aromatic heterocycles. The lowest BCUT2D eigenvalue weighted by atomic mass is 10.0. The van der Waals surface area contributed by atoms with Crippen LogP contribution in [-0.4, -0.2) is 40.6 Å². The molecule has 1 aliphatic heterocycles. The average Bonchev–Trinajstić information content (AvgIpc) is 2.28. The van der Waals surface area contributed by atoms with Gasteiger partial charge in [-0.05, 0) is 48.1 Å². The highest BCUT2D eigenvalue weighted by atomic mass is 15.5. The molecule has 3 unspecified atom stereocenters. The van der Waals surface area contributed by atoms with Gasteiger partial charge in [-0.25, -0.2) is 0 Å². The van der Waals surface area contributed by atoms with Crippen molar-refractivity contribution in [2.24, 2.45) is 0 Å². The van der Waals surface area contributed by atoms with Gasteiger partial charge in [0.2, 0.25) is 0 Å². The predicted octanol–water partition coefficient (Wildman–Crippen LogP) is 2.55. The van der Waals surface area contributed by atoms with Crippen LogP contribution in [0.4, 0.5) is 0 Å². The molecule has 0 aromatic carbocycles. The number of hydrogen-bond acceptors (Lipinski definition) is 2. The summed E-state index contributed by atoms with van der Waals surface area (Å²) in [6.45, 7) is 13.9. The molecule has 84 valence electrons. The lowest BCUT2D eigenvalue weighted by Gasteiger charge is -2.40. The van der Waals surface area contributed by atoms with Gasteiger partial charge in [-0.15, -0.1) is 0 Å². The lowest BCUT2D eigenvalue weighted by Crippen LogP contribution is -2.50. The molecule has 0 saturated carbocycles. The fourth-order valence-corrected chi connectivity index (χ4v) is 2.85. The van der Waals surface area contributed by atoms with Crippen LogP contribution in [0.15, 0.2) is 0 Å². The molecule has 1 aliphatic rings. The number of nitrogens with zero attached hydrogens (tertiary/aromatic N) is 2. The topological polar surface area (TPSA) is 6.48 Å². The van der Waals surface area contributed by atoms with E-state index in [9.17, 15) is 0 Å². The summed E-state index contributed by atoms with van der Waals surface area (Å²) in [5, 5.41) is 0. The van der Waals surface area contributed by atoms with Gasteiger partial charge in [-0.2, -0.15) is 0 Å². The number of hydrogen-bond donors (Lipinski definition) is 0. The van der Waals surface area contributed by atoms with Crippen LogP contribution in [0.1, 0.15) is 48.0 Å². The van der Waals surface area contributed by atoms with Crippen LogP contribution < -0.4 is 0 Å². The van der Waals surface area contributed by atoms with Crippen molar-refractivity contribution in [3.05, 3.63) is 0 Å². The average molecular weight is 198 g/mol. The van der Waals surface area contributed by atoms with Crippen molar-refractivity contribution in [1.82, 2.24) is 9.80 Å². The summed E-state index contributed by atoms with van der Waals surface area (Å²) < 4.78 is 0. The Morgan fingerprint density at radius 1 is 1.07 bits per heavy atom. The first-order valence-electron chi connectivity index (χ1n) is 5.81. The summed E-state index contributed by atoms with van der Waals surface area (Å²) >= 11 is 0. The van der Waals surface area contributed by atoms with Crippen LogP contribution in [0.25, 0.3) is 0 Å². The Hall–Kier alpha value is -0.0800. The Labute approximate surface area is 89.3 Å². The van der Waals surface area contributed by atoms with Gasteiger partial charge in [0.25, 0.3) is 0 Å². The number of rotatable bonds is 1. The Balaban J connectivity index is 2.92. The third kappa shape index (κ3) is 1.82. The van der Waals surface area contributed by atoms with E-state index >= 15 is 0 Å². The molecule has 0 amide bonds. The molecule has 1 saturated heterocycles. The molecule has 0 bridgehead atoms. The minimum absolute atomic E-state index is 0.277. The molecule has 0 aliphatic carbocycles. The Morgan fingerprint density at radius 2 is 1.57 bits per heavy atom. The van der Waals surface area contributed by atoms with E-state index in [-0.39, 0.29) is 5.54 Å². The zero-order valence-electron chi connectivity index (χ0n) is 10.8. The molecule has 0 aromatic rings. The number of likely N-dealkylation sites (N-methyl/N-ethyl adjacent to an activating group) is 1. The fourth-order valence-electron chi connectivity index (χ4n) is 2.85. The van der Waals surface area contributed by atoms with E-state index in [1.165, 1.54) is 6.42 Å². The third-order valence-corrected chi connectivity index (χ3v) is 3.71. The first-order chi connectivity index (χ1) is 6.30. The minimum atomic E-state index is 0.277. The molecule has 1 heterocycles. The molecule has 0 N–H and O–H groups in total. The maximum atomic E-state index is 2.65. The lowest BCUT2D eigenvalue weighted by molar-refractivity contribution is 0.0477. The van der Waals surface area contributed by atoms with Crippen molar-refractivity contribution < 1.29 is 0 Å². The molecule has 1 fully saturated rings. The molecule has 2 nitrogen and oxygen atoms in total. The zero-order chi connectivity index (χ0) is 11.1. The highest BCUT2D eigenvalue weighted by Gasteiger charge is 2.44. The van der Waals surface area contributed by atoms with Crippen LogP contribution in [-0.2, 0) is 0 Å². The van der Waals surface area contributed by atoms with Crippen LogP contribution in [0.3, 0.4) is 0 Å². The van der Waals surface area contributed by atoms with Crippen molar-refractivity contribution in [2.45, 2.75) is 71.8 Å². The Morgan fingerprint density at radius 3 is 1.86 bits per heavy atom. The van der Waals surface area contributed by atoms with Crippen LogP contribution >= 0.6 is 0 Å². The second-order valence-electron chi connectivity index (χ2n) is 5.61. The SMILES string of the molecule is CCC1N(C)C(C)C(C)N1C(C)(C)C. The molecule has 0 spiro atoms. The Kier molecular flexibility index (Phi) is 3.27.